The first-order chi connectivity index (χ1) is 8.69. The Morgan fingerprint density at radius 3 is 2.94 bits per heavy atom. The second-order valence-corrected chi connectivity index (χ2v) is 5.38. The zero-order chi connectivity index (χ0) is 12.7. The van der Waals surface area contributed by atoms with E-state index in [1.807, 2.05) is 17.9 Å². The molecule has 1 aliphatic heterocycles. The average Bonchev–Trinajstić information content (AvgIpc) is 2.93. The summed E-state index contributed by atoms with van der Waals surface area (Å²) in [5.41, 5.74) is 8.36. The van der Waals surface area contributed by atoms with Gasteiger partial charge in [-0.25, -0.2) is 0 Å². The van der Waals surface area contributed by atoms with Crippen LogP contribution >= 0.6 is 0 Å². The Morgan fingerprint density at radius 2 is 2.22 bits per heavy atom. The number of fused-ring (bicyclic) bond motifs is 1. The molecule has 2 unspecified atom stereocenters. The highest BCUT2D eigenvalue weighted by molar-refractivity contribution is 5.79. The maximum Gasteiger partial charge on any atom is 0.0679 e. The molecule has 1 aromatic heterocycles. The van der Waals surface area contributed by atoms with Crippen LogP contribution in [0.4, 0.5) is 0 Å². The molecule has 1 saturated heterocycles. The third kappa shape index (κ3) is 1.82. The number of hydrogen-bond donors (Lipinski definition) is 1. The lowest BCUT2D eigenvalue weighted by Gasteiger charge is -2.19. The van der Waals surface area contributed by atoms with E-state index in [-0.39, 0.29) is 0 Å². The Bertz CT molecular complexity index is 560. The molecule has 1 aliphatic rings. The lowest BCUT2D eigenvalue weighted by atomic mass is 9.99. The molecule has 1 fully saturated rings. The highest BCUT2D eigenvalue weighted by Crippen LogP contribution is 2.34. The van der Waals surface area contributed by atoms with Gasteiger partial charge in [0, 0.05) is 25.0 Å². The largest absolute Gasteiger partial charge is 0.330 e. The summed E-state index contributed by atoms with van der Waals surface area (Å²) in [6, 6.07) is 7.16. The smallest absolute Gasteiger partial charge is 0.0679 e. The van der Waals surface area contributed by atoms with Gasteiger partial charge < -0.3 is 5.73 Å². The van der Waals surface area contributed by atoms with E-state index in [2.05, 4.69) is 35.2 Å². The molecular formula is C14H20N4. The van der Waals surface area contributed by atoms with Crippen LogP contribution in [0.25, 0.3) is 10.9 Å². The molecule has 0 saturated carbocycles. The first-order valence-corrected chi connectivity index (χ1v) is 6.51. The number of nitrogens with zero attached hydrogens (tertiary/aromatic N) is 3. The second-order valence-electron chi connectivity index (χ2n) is 5.38. The molecule has 2 aromatic rings. The number of likely N-dealkylation sites (tertiary alicyclic amines) is 1. The fraction of sp³-hybridized carbons (Fsp3) is 0.500. The van der Waals surface area contributed by atoms with Gasteiger partial charge in [0.2, 0.25) is 0 Å². The van der Waals surface area contributed by atoms with Crippen molar-refractivity contribution in [3.63, 3.8) is 0 Å². The van der Waals surface area contributed by atoms with Crippen LogP contribution < -0.4 is 5.73 Å². The van der Waals surface area contributed by atoms with Gasteiger partial charge in [-0.15, -0.1) is 0 Å². The number of aromatic nitrogens is 2. The molecule has 0 spiro atoms. The predicted octanol–water partition coefficient (Wildman–Crippen LogP) is 1.52. The van der Waals surface area contributed by atoms with Crippen molar-refractivity contribution in [2.45, 2.75) is 12.5 Å². The fourth-order valence-electron chi connectivity index (χ4n) is 3.06. The van der Waals surface area contributed by atoms with Crippen LogP contribution in [0.2, 0.25) is 0 Å². The quantitative estimate of drug-likeness (QED) is 0.871. The van der Waals surface area contributed by atoms with Crippen LogP contribution in [0.15, 0.2) is 24.4 Å². The molecule has 0 aliphatic carbocycles. The van der Waals surface area contributed by atoms with Gasteiger partial charge in [0.25, 0.3) is 0 Å². The molecule has 4 nitrogen and oxygen atoms in total. The number of hydrogen-bond acceptors (Lipinski definition) is 3. The minimum atomic E-state index is 0.503. The standard InChI is InChI=1S/C14H20N4/c1-17-9-10(7-15)5-14(17)11-3-4-13-12(6-11)8-16-18(13)2/h3-4,6,8,10,14H,5,7,9,15H2,1-2H3. The molecule has 18 heavy (non-hydrogen) atoms. The molecular weight excluding hydrogens is 224 g/mol. The highest BCUT2D eigenvalue weighted by atomic mass is 15.2. The van der Waals surface area contributed by atoms with Crippen molar-refractivity contribution in [1.29, 1.82) is 0 Å². The summed E-state index contributed by atoms with van der Waals surface area (Å²) in [6.45, 7) is 1.89. The van der Waals surface area contributed by atoms with E-state index in [9.17, 15) is 0 Å². The van der Waals surface area contributed by atoms with E-state index < -0.39 is 0 Å². The number of rotatable bonds is 2. The van der Waals surface area contributed by atoms with Gasteiger partial charge in [0.05, 0.1) is 11.7 Å². The van der Waals surface area contributed by atoms with Crippen LogP contribution in [-0.2, 0) is 7.05 Å². The normalized spacial score (nSPS) is 25.1. The van der Waals surface area contributed by atoms with Gasteiger partial charge in [-0.3, -0.25) is 9.58 Å². The van der Waals surface area contributed by atoms with Gasteiger partial charge in [0.15, 0.2) is 0 Å². The number of nitrogens with two attached hydrogens (primary N) is 1. The maximum atomic E-state index is 5.79. The van der Waals surface area contributed by atoms with Crippen molar-refractivity contribution in [2.75, 3.05) is 20.1 Å². The lowest BCUT2D eigenvalue weighted by molar-refractivity contribution is 0.314. The molecule has 4 heteroatoms. The molecule has 2 atom stereocenters. The maximum absolute atomic E-state index is 5.79. The van der Waals surface area contributed by atoms with Crippen molar-refractivity contribution in [3.05, 3.63) is 30.0 Å². The molecule has 0 bridgehead atoms. The Hall–Kier alpha value is -1.39. The van der Waals surface area contributed by atoms with Crippen molar-refractivity contribution in [1.82, 2.24) is 14.7 Å². The van der Waals surface area contributed by atoms with Crippen molar-refractivity contribution in [2.24, 2.45) is 18.7 Å². The molecule has 2 N–H and O–H groups in total. The van der Waals surface area contributed by atoms with Crippen LogP contribution in [0.1, 0.15) is 18.0 Å². The topological polar surface area (TPSA) is 47.1 Å². The van der Waals surface area contributed by atoms with E-state index in [1.54, 1.807) is 0 Å². The summed E-state index contributed by atoms with van der Waals surface area (Å²) in [5, 5.41) is 5.52. The summed E-state index contributed by atoms with van der Waals surface area (Å²) < 4.78 is 1.92. The fourth-order valence-corrected chi connectivity index (χ4v) is 3.06. The molecule has 3 rings (SSSR count). The average molecular weight is 244 g/mol. The van der Waals surface area contributed by atoms with Crippen molar-refractivity contribution in [3.8, 4) is 0 Å². The minimum absolute atomic E-state index is 0.503. The second kappa shape index (κ2) is 4.37. The van der Waals surface area contributed by atoms with Crippen LogP contribution in [-0.4, -0.2) is 34.8 Å². The number of aryl methyl sites for hydroxylation is 1. The van der Waals surface area contributed by atoms with Gasteiger partial charge in [-0.05, 0) is 43.6 Å². The third-order valence-electron chi connectivity index (χ3n) is 4.12. The first-order valence-electron chi connectivity index (χ1n) is 6.51. The van der Waals surface area contributed by atoms with Crippen LogP contribution in [0.5, 0.6) is 0 Å². The van der Waals surface area contributed by atoms with Crippen molar-refractivity contribution >= 4 is 10.9 Å². The first kappa shape index (κ1) is 11.7. The number of benzene rings is 1. The molecule has 0 amide bonds. The van der Waals surface area contributed by atoms with E-state index >= 15 is 0 Å². The molecule has 0 radical (unpaired) electrons. The zero-order valence-electron chi connectivity index (χ0n) is 11.0. The minimum Gasteiger partial charge on any atom is -0.330 e. The van der Waals surface area contributed by atoms with Gasteiger partial charge in [-0.2, -0.15) is 5.10 Å². The summed E-state index contributed by atoms with van der Waals surface area (Å²) in [5.74, 6) is 0.629. The van der Waals surface area contributed by atoms with Gasteiger partial charge in [0.1, 0.15) is 0 Å². The van der Waals surface area contributed by atoms with Crippen LogP contribution in [0, 0.1) is 5.92 Å². The van der Waals surface area contributed by atoms with E-state index in [0.717, 1.165) is 13.1 Å². The zero-order valence-corrected chi connectivity index (χ0v) is 11.0. The Morgan fingerprint density at radius 1 is 1.39 bits per heavy atom. The van der Waals surface area contributed by atoms with E-state index in [1.165, 1.54) is 22.9 Å². The van der Waals surface area contributed by atoms with Crippen LogP contribution in [0.3, 0.4) is 0 Å². The van der Waals surface area contributed by atoms with Gasteiger partial charge >= 0.3 is 0 Å². The summed E-state index contributed by atoms with van der Waals surface area (Å²) >= 11 is 0. The lowest BCUT2D eigenvalue weighted by Crippen LogP contribution is -2.20. The van der Waals surface area contributed by atoms with E-state index in [4.69, 9.17) is 5.73 Å². The Labute approximate surface area is 107 Å². The monoisotopic (exact) mass is 244 g/mol. The summed E-state index contributed by atoms with van der Waals surface area (Å²) in [7, 11) is 4.17. The molecule has 96 valence electrons. The summed E-state index contributed by atoms with van der Waals surface area (Å²) in [6.07, 6.45) is 3.10. The van der Waals surface area contributed by atoms with Gasteiger partial charge in [-0.1, -0.05) is 6.07 Å². The predicted molar refractivity (Wildman–Crippen MR) is 73.2 cm³/mol. The molecule has 1 aromatic carbocycles. The Kier molecular flexibility index (Phi) is 2.84. The van der Waals surface area contributed by atoms with Crippen molar-refractivity contribution < 1.29 is 0 Å². The Balaban J connectivity index is 1.94. The highest BCUT2D eigenvalue weighted by Gasteiger charge is 2.29. The molecule has 2 heterocycles. The third-order valence-corrected chi connectivity index (χ3v) is 4.12. The van der Waals surface area contributed by atoms with E-state index in [0.29, 0.717) is 12.0 Å². The summed E-state index contributed by atoms with van der Waals surface area (Å²) in [4.78, 5) is 2.41. The SMILES string of the molecule is CN1CC(CN)CC1c1ccc2c(cnn2C)c1.